The molecule has 0 saturated heterocycles. The highest BCUT2D eigenvalue weighted by Crippen LogP contribution is 2.39. The summed E-state index contributed by atoms with van der Waals surface area (Å²) in [5.41, 5.74) is 9.46. The predicted molar refractivity (Wildman–Crippen MR) is 162 cm³/mol. The molecule has 41 heavy (non-hydrogen) atoms. The topological polar surface area (TPSA) is 76.0 Å². The van der Waals surface area contributed by atoms with Gasteiger partial charge in [0.2, 0.25) is 0 Å². The van der Waals surface area contributed by atoms with Crippen molar-refractivity contribution in [3.8, 4) is 35.2 Å². The number of thioether (sulfide) groups is 1. The fourth-order valence-electron chi connectivity index (χ4n) is 5.03. The normalized spacial score (nSPS) is 13.0. The molecule has 4 N–H and O–H groups in total. The van der Waals surface area contributed by atoms with Gasteiger partial charge >= 0.3 is 0 Å². The largest absolute Gasteiger partial charge is 0.454 e. The number of fused-ring (bicyclic) bond motifs is 1. The zero-order valence-corrected chi connectivity index (χ0v) is 24.5. The number of hydrogen-bond donors (Lipinski definition) is 3. The van der Waals surface area contributed by atoms with E-state index in [1.54, 1.807) is 36.2 Å². The molecule has 212 valence electrons. The zero-order chi connectivity index (χ0) is 28.9. The Hall–Kier alpha value is -3.39. The minimum atomic E-state index is -0.552. The van der Waals surface area contributed by atoms with Gasteiger partial charge in [0.25, 0.3) is 0 Å². The molecule has 2 heterocycles. The summed E-state index contributed by atoms with van der Waals surface area (Å²) in [5.74, 6) is 2.90. The van der Waals surface area contributed by atoms with Crippen molar-refractivity contribution < 1.29 is 17.9 Å². The second-order valence-electron chi connectivity index (χ2n) is 9.55. The highest BCUT2D eigenvalue weighted by atomic mass is 79.9. The maximum absolute atomic E-state index is 15.2. The molecule has 0 amide bonds. The van der Waals surface area contributed by atoms with Crippen LogP contribution in [0.25, 0.3) is 11.4 Å². The maximum atomic E-state index is 15.2. The Labute approximate surface area is 249 Å². The number of nitrogens with two attached hydrogens (primary N) is 1. The fourth-order valence-corrected chi connectivity index (χ4v) is 6.28. The van der Waals surface area contributed by atoms with Crippen LogP contribution >= 0.6 is 27.7 Å². The van der Waals surface area contributed by atoms with E-state index in [1.807, 2.05) is 0 Å². The van der Waals surface area contributed by atoms with E-state index in [4.69, 9.17) is 16.9 Å². The van der Waals surface area contributed by atoms with Crippen LogP contribution in [0, 0.1) is 29.8 Å². The summed E-state index contributed by atoms with van der Waals surface area (Å²) in [6, 6.07) is 10.7. The van der Waals surface area contributed by atoms with Crippen LogP contribution in [-0.4, -0.2) is 28.0 Å². The first kappa shape index (κ1) is 29.1. The Morgan fingerprint density at radius 1 is 1.15 bits per heavy atom. The Kier molecular flexibility index (Phi) is 9.28. The van der Waals surface area contributed by atoms with E-state index in [0.717, 1.165) is 17.1 Å². The summed E-state index contributed by atoms with van der Waals surface area (Å²) in [5, 5.41) is 3.15. The van der Waals surface area contributed by atoms with E-state index in [1.165, 1.54) is 24.3 Å². The molecule has 10 heteroatoms. The Bertz CT molecular complexity index is 1600. The molecule has 0 aliphatic carbocycles. The van der Waals surface area contributed by atoms with Gasteiger partial charge in [0, 0.05) is 60.4 Å². The highest BCUT2D eigenvalue weighted by molar-refractivity contribution is 9.10. The standard InChI is InChI=1S/C31H28BrF3N4OS/c1-2-3-12-41-13-10-20(21-5-4-6-24(32)29(21)35)28-17-38-31(39-28)22-14-18(7-8-25(22)33)40-30-23(16-36)19-9-11-37-27(19)15-26(30)34/h1,4-8,14-15,17,20,37H,3,9-13,16,36H2,(H,38,39). The number of nitrogens with one attached hydrogen (secondary N) is 2. The molecule has 3 aromatic carbocycles. The first-order chi connectivity index (χ1) is 19.9. The number of aromatic amines is 1. The fraction of sp³-hybridized carbons (Fsp3) is 0.258. The Morgan fingerprint density at radius 2 is 2.00 bits per heavy atom. The number of imidazole rings is 1. The third kappa shape index (κ3) is 6.27. The smallest absolute Gasteiger partial charge is 0.168 e. The SMILES string of the molecule is C#CCCSCCC(c1cnc(-c2cc(Oc3c(F)cc4c(c3CN)CCN4)ccc2F)[nH]1)c1cccc(Br)c1F. The number of halogens is 4. The molecule has 0 spiro atoms. The minimum Gasteiger partial charge on any atom is -0.454 e. The van der Waals surface area contributed by atoms with E-state index in [9.17, 15) is 0 Å². The van der Waals surface area contributed by atoms with Crippen LogP contribution in [0.4, 0.5) is 18.9 Å². The van der Waals surface area contributed by atoms with Crippen LogP contribution in [0.5, 0.6) is 11.5 Å². The lowest BCUT2D eigenvalue weighted by molar-refractivity contribution is 0.435. The van der Waals surface area contributed by atoms with Crippen molar-refractivity contribution in [3.63, 3.8) is 0 Å². The molecule has 5 nitrogen and oxygen atoms in total. The number of H-pyrrole nitrogens is 1. The third-order valence-electron chi connectivity index (χ3n) is 7.03. The van der Waals surface area contributed by atoms with Gasteiger partial charge in [-0.15, -0.1) is 12.3 Å². The summed E-state index contributed by atoms with van der Waals surface area (Å²) < 4.78 is 51.5. The number of anilines is 1. The lowest BCUT2D eigenvalue weighted by Crippen LogP contribution is -2.07. The summed E-state index contributed by atoms with van der Waals surface area (Å²) in [7, 11) is 0. The van der Waals surface area contributed by atoms with Gasteiger partial charge in [-0.25, -0.2) is 18.2 Å². The van der Waals surface area contributed by atoms with Crippen LogP contribution in [0.1, 0.15) is 41.1 Å². The second-order valence-corrected chi connectivity index (χ2v) is 11.6. The summed E-state index contributed by atoms with van der Waals surface area (Å²) in [4.78, 5) is 7.62. The van der Waals surface area contributed by atoms with Crippen LogP contribution in [0.15, 0.2) is 53.1 Å². The first-order valence-corrected chi connectivity index (χ1v) is 15.1. The Balaban J connectivity index is 1.45. The highest BCUT2D eigenvalue weighted by Gasteiger charge is 2.24. The van der Waals surface area contributed by atoms with Gasteiger partial charge < -0.3 is 20.8 Å². The van der Waals surface area contributed by atoms with Gasteiger partial charge in [-0.1, -0.05) is 12.1 Å². The average molecular weight is 642 g/mol. The van der Waals surface area contributed by atoms with Gasteiger partial charge in [-0.05, 0) is 69.9 Å². The molecule has 1 aliphatic heterocycles. The van der Waals surface area contributed by atoms with Gasteiger partial charge in [-0.3, -0.25) is 0 Å². The minimum absolute atomic E-state index is 0.0279. The van der Waals surface area contributed by atoms with Crippen LogP contribution in [0.3, 0.4) is 0 Å². The van der Waals surface area contributed by atoms with E-state index in [2.05, 4.69) is 37.1 Å². The van der Waals surface area contributed by atoms with Gasteiger partial charge in [-0.2, -0.15) is 11.8 Å². The molecule has 4 aromatic rings. The van der Waals surface area contributed by atoms with E-state index in [0.29, 0.717) is 52.8 Å². The van der Waals surface area contributed by atoms with Crippen LogP contribution in [-0.2, 0) is 13.0 Å². The summed E-state index contributed by atoms with van der Waals surface area (Å²) >= 11 is 4.97. The van der Waals surface area contributed by atoms with Crippen molar-refractivity contribution in [2.75, 3.05) is 23.4 Å². The number of hydrogen-bond acceptors (Lipinski definition) is 5. The van der Waals surface area contributed by atoms with Crippen molar-refractivity contribution in [1.82, 2.24) is 9.97 Å². The Morgan fingerprint density at radius 3 is 2.80 bits per heavy atom. The molecule has 0 radical (unpaired) electrons. The molecule has 0 bridgehead atoms. The number of benzene rings is 3. The molecular formula is C31H28BrF3N4OS. The van der Waals surface area contributed by atoms with E-state index in [-0.39, 0.29) is 41.2 Å². The second kappa shape index (κ2) is 13.1. The molecule has 1 aliphatic rings. The molecular weight excluding hydrogens is 613 g/mol. The van der Waals surface area contributed by atoms with Gasteiger partial charge in [0.1, 0.15) is 23.2 Å². The quantitative estimate of drug-likeness (QED) is 0.115. The molecule has 5 rings (SSSR count). The van der Waals surface area contributed by atoms with Crippen LogP contribution < -0.4 is 15.8 Å². The van der Waals surface area contributed by atoms with Crippen molar-refractivity contribution in [3.05, 3.63) is 93.0 Å². The monoisotopic (exact) mass is 640 g/mol. The molecule has 1 aromatic heterocycles. The predicted octanol–water partition coefficient (Wildman–Crippen LogP) is 7.75. The van der Waals surface area contributed by atoms with Crippen LogP contribution in [0.2, 0.25) is 0 Å². The molecule has 0 fully saturated rings. The molecule has 1 atom stereocenters. The van der Waals surface area contributed by atoms with Gasteiger partial charge in [0.05, 0.1) is 10.0 Å². The van der Waals surface area contributed by atoms with Gasteiger partial charge in [0.15, 0.2) is 11.6 Å². The number of terminal acetylenes is 1. The first-order valence-electron chi connectivity index (χ1n) is 13.2. The average Bonchev–Trinajstić information content (AvgIpc) is 3.64. The summed E-state index contributed by atoms with van der Waals surface area (Å²) in [6.45, 7) is 0.794. The zero-order valence-electron chi connectivity index (χ0n) is 22.1. The lowest BCUT2D eigenvalue weighted by Gasteiger charge is -2.17. The summed E-state index contributed by atoms with van der Waals surface area (Å²) in [6.07, 6.45) is 8.94. The lowest BCUT2D eigenvalue weighted by atomic mass is 9.93. The molecule has 0 saturated carbocycles. The number of aromatic nitrogens is 2. The van der Waals surface area contributed by atoms with Crippen molar-refractivity contribution in [1.29, 1.82) is 0 Å². The van der Waals surface area contributed by atoms with Crippen molar-refractivity contribution in [2.24, 2.45) is 5.73 Å². The molecule has 1 unspecified atom stereocenters. The maximum Gasteiger partial charge on any atom is 0.168 e. The van der Waals surface area contributed by atoms with Crippen molar-refractivity contribution >= 4 is 33.4 Å². The van der Waals surface area contributed by atoms with Crippen molar-refractivity contribution in [2.45, 2.75) is 31.7 Å². The van der Waals surface area contributed by atoms with E-state index >= 15 is 13.2 Å². The number of rotatable bonds is 11. The van der Waals surface area contributed by atoms with E-state index < -0.39 is 11.6 Å². The number of ether oxygens (including phenoxy) is 1. The number of nitrogens with zero attached hydrogens (tertiary/aromatic N) is 1. The third-order valence-corrected chi connectivity index (χ3v) is 8.66.